The van der Waals surface area contributed by atoms with Gasteiger partial charge in [-0.3, -0.25) is 13.9 Å². The third-order valence-electron chi connectivity index (χ3n) is 7.53. The number of hydrogen-bond donors (Lipinski definition) is 1. The van der Waals surface area contributed by atoms with Gasteiger partial charge in [-0.25, -0.2) is 8.42 Å². The minimum Gasteiger partial charge on any atom is -0.494 e. The average Bonchev–Trinajstić information content (AvgIpc) is 2.92. The van der Waals surface area contributed by atoms with Crippen molar-refractivity contribution in [2.24, 2.45) is 0 Å². The Labute approximate surface area is 240 Å². The molecule has 1 aliphatic rings. The molecule has 0 heterocycles. The smallest absolute Gasteiger partial charge is 0.243 e. The molecule has 2 aromatic rings. The van der Waals surface area contributed by atoms with Crippen LogP contribution in [0.2, 0.25) is 0 Å². The number of rotatable bonds is 14. The van der Waals surface area contributed by atoms with Crippen molar-refractivity contribution in [3.8, 4) is 5.75 Å². The minimum atomic E-state index is -3.56. The zero-order valence-corrected chi connectivity index (χ0v) is 25.2. The number of aryl methyl sites for hydroxylation is 1. The summed E-state index contributed by atoms with van der Waals surface area (Å²) >= 11 is 0. The number of amides is 2. The third kappa shape index (κ3) is 8.98. The highest BCUT2D eigenvalue weighted by Gasteiger charge is 2.30. The summed E-state index contributed by atoms with van der Waals surface area (Å²) in [6.45, 7) is 6.83. The molecule has 0 aliphatic heterocycles. The van der Waals surface area contributed by atoms with E-state index in [1.165, 1.54) is 17.0 Å². The van der Waals surface area contributed by atoms with Crippen molar-refractivity contribution in [3.63, 3.8) is 0 Å². The van der Waals surface area contributed by atoms with Gasteiger partial charge in [0, 0.05) is 25.6 Å². The molecule has 2 aromatic carbocycles. The van der Waals surface area contributed by atoms with Crippen LogP contribution in [0.1, 0.15) is 76.3 Å². The second kappa shape index (κ2) is 15.1. The van der Waals surface area contributed by atoms with E-state index < -0.39 is 16.1 Å². The SMILES string of the molecule is CCOc1ccc(N(CCCC(=O)N(Cc2ccccc2C)[C@H](CC)C(=O)NC2CCCCC2)S(C)(=O)=O)cc1. The van der Waals surface area contributed by atoms with E-state index in [-0.39, 0.29) is 30.8 Å². The average molecular weight is 572 g/mol. The number of carbonyl (C=O) groups excluding carboxylic acids is 2. The summed E-state index contributed by atoms with van der Waals surface area (Å²) in [7, 11) is -3.56. The molecule has 0 bridgehead atoms. The molecule has 0 saturated heterocycles. The highest BCUT2D eigenvalue weighted by Crippen LogP contribution is 2.24. The molecule has 1 aliphatic carbocycles. The Balaban J connectivity index is 1.75. The lowest BCUT2D eigenvalue weighted by Gasteiger charge is -2.33. The Kier molecular flexibility index (Phi) is 11.9. The number of sulfonamides is 1. The molecule has 40 heavy (non-hydrogen) atoms. The third-order valence-corrected chi connectivity index (χ3v) is 8.72. The maximum absolute atomic E-state index is 13.7. The molecule has 0 radical (unpaired) electrons. The van der Waals surface area contributed by atoms with Gasteiger partial charge >= 0.3 is 0 Å². The summed E-state index contributed by atoms with van der Waals surface area (Å²) in [5.41, 5.74) is 2.57. The maximum atomic E-state index is 13.7. The number of hydrogen-bond acceptors (Lipinski definition) is 5. The number of nitrogens with one attached hydrogen (secondary N) is 1. The van der Waals surface area contributed by atoms with E-state index in [0.717, 1.165) is 36.8 Å². The normalized spacial score (nSPS) is 14.8. The summed E-state index contributed by atoms with van der Waals surface area (Å²) in [5, 5.41) is 3.20. The fraction of sp³-hybridized carbons (Fsp3) is 0.548. The van der Waals surface area contributed by atoms with Gasteiger partial charge in [0.1, 0.15) is 11.8 Å². The van der Waals surface area contributed by atoms with Crippen LogP contribution in [0.3, 0.4) is 0 Å². The molecule has 9 heteroatoms. The van der Waals surface area contributed by atoms with E-state index in [4.69, 9.17) is 4.74 Å². The van der Waals surface area contributed by atoms with Crippen LogP contribution in [-0.2, 0) is 26.2 Å². The molecule has 0 spiro atoms. The van der Waals surface area contributed by atoms with Gasteiger partial charge in [-0.1, -0.05) is 50.5 Å². The molecule has 3 rings (SSSR count). The van der Waals surface area contributed by atoms with Gasteiger partial charge in [-0.2, -0.15) is 0 Å². The predicted molar refractivity (Wildman–Crippen MR) is 160 cm³/mol. The van der Waals surface area contributed by atoms with E-state index in [1.807, 2.05) is 45.0 Å². The number of benzene rings is 2. The standard InChI is InChI=1S/C31H45N3O5S/c1-5-29(31(36)32-26-15-8-7-9-16-26)33(23-25-14-11-10-13-24(25)3)30(35)17-12-22-34(40(4,37)38)27-18-20-28(21-19-27)39-6-2/h10-11,13-14,18-21,26,29H,5-9,12,15-17,22-23H2,1-4H3,(H,32,36)/t29-/m1/s1. The first-order valence-electron chi connectivity index (χ1n) is 14.5. The van der Waals surface area contributed by atoms with Gasteiger partial charge in [-0.05, 0) is 74.9 Å². The van der Waals surface area contributed by atoms with E-state index in [1.54, 1.807) is 29.2 Å². The largest absolute Gasteiger partial charge is 0.494 e. The first kappa shape index (κ1) is 31.5. The fourth-order valence-electron chi connectivity index (χ4n) is 5.31. The van der Waals surface area contributed by atoms with Crippen LogP contribution in [0.4, 0.5) is 5.69 Å². The Morgan fingerprint density at radius 1 is 1.02 bits per heavy atom. The molecule has 0 unspecified atom stereocenters. The van der Waals surface area contributed by atoms with Crippen LogP contribution in [0.25, 0.3) is 0 Å². The van der Waals surface area contributed by atoms with Crippen LogP contribution in [0.15, 0.2) is 48.5 Å². The van der Waals surface area contributed by atoms with Crippen molar-refractivity contribution < 1.29 is 22.7 Å². The molecular weight excluding hydrogens is 526 g/mol. The zero-order chi connectivity index (χ0) is 29.1. The Morgan fingerprint density at radius 2 is 1.70 bits per heavy atom. The predicted octanol–water partition coefficient (Wildman–Crippen LogP) is 5.20. The summed E-state index contributed by atoms with van der Waals surface area (Å²) in [5.74, 6) is 0.399. The van der Waals surface area contributed by atoms with Crippen molar-refractivity contribution in [1.29, 1.82) is 0 Å². The lowest BCUT2D eigenvalue weighted by atomic mass is 9.95. The van der Waals surface area contributed by atoms with Crippen LogP contribution >= 0.6 is 0 Å². The topological polar surface area (TPSA) is 96.0 Å². The van der Waals surface area contributed by atoms with Crippen molar-refractivity contribution in [2.75, 3.05) is 23.7 Å². The summed E-state index contributed by atoms with van der Waals surface area (Å²) in [6, 6.07) is 14.3. The first-order valence-corrected chi connectivity index (χ1v) is 16.3. The monoisotopic (exact) mass is 571 g/mol. The van der Waals surface area contributed by atoms with Crippen molar-refractivity contribution in [3.05, 3.63) is 59.7 Å². The molecule has 0 aromatic heterocycles. The molecule has 2 amide bonds. The second-order valence-corrected chi connectivity index (χ2v) is 12.5. The highest BCUT2D eigenvalue weighted by atomic mass is 32.2. The van der Waals surface area contributed by atoms with E-state index in [0.29, 0.717) is 37.4 Å². The Hall–Kier alpha value is -3.07. The molecule has 1 atom stereocenters. The molecule has 1 fully saturated rings. The summed E-state index contributed by atoms with van der Waals surface area (Å²) in [6.07, 6.45) is 7.48. The highest BCUT2D eigenvalue weighted by molar-refractivity contribution is 7.92. The van der Waals surface area contributed by atoms with Crippen molar-refractivity contribution in [1.82, 2.24) is 10.2 Å². The van der Waals surface area contributed by atoms with Gasteiger partial charge in [0.05, 0.1) is 18.6 Å². The van der Waals surface area contributed by atoms with E-state index >= 15 is 0 Å². The Bertz CT molecular complexity index is 1210. The lowest BCUT2D eigenvalue weighted by molar-refractivity contribution is -0.141. The van der Waals surface area contributed by atoms with Crippen LogP contribution in [0.5, 0.6) is 5.75 Å². The number of ether oxygens (including phenoxy) is 1. The fourth-order valence-corrected chi connectivity index (χ4v) is 6.28. The first-order chi connectivity index (χ1) is 19.1. The van der Waals surface area contributed by atoms with Crippen LogP contribution in [-0.4, -0.2) is 56.6 Å². The maximum Gasteiger partial charge on any atom is 0.243 e. The number of nitrogens with zero attached hydrogens (tertiary/aromatic N) is 2. The van der Waals surface area contributed by atoms with Crippen LogP contribution < -0.4 is 14.4 Å². The van der Waals surface area contributed by atoms with E-state index in [2.05, 4.69) is 5.32 Å². The molecule has 1 saturated carbocycles. The van der Waals surface area contributed by atoms with Gasteiger partial charge in [-0.15, -0.1) is 0 Å². The van der Waals surface area contributed by atoms with Gasteiger partial charge in [0.2, 0.25) is 21.8 Å². The van der Waals surface area contributed by atoms with Gasteiger partial charge in [0.15, 0.2) is 0 Å². The Morgan fingerprint density at radius 3 is 2.30 bits per heavy atom. The van der Waals surface area contributed by atoms with Crippen LogP contribution in [0, 0.1) is 6.92 Å². The lowest BCUT2D eigenvalue weighted by Crippen LogP contribution is -2.51. The molecule has 8 nitrogen and oxygen atoms in total. The quantitative estimate of drug-likeness (QED) is 0.336. The van der Waals surface area contributed by atoms with Crippen molar-refractivity contribution >= 4 is 27.5 Å². The summed E-state index contributed by atoms with van der Waals surface area (Å²) < 4.78 is 32.0. The summed E-state index contributed by atoms with van der Waals surface area (Å²) in [4.78, 5) is 28.8. The van der Waals surface area contributed by atoms with Gasteiger partial charge < -0.3 is 15.0 Å². The second-order valence-electron chi connectivity index (χ2n) is 10.6. The van der Waals surface area contributed by atoms with E-state index in [9.17, 15) is 18.0 Å². The minimum absolute atomic E-state index is 0.108. The molecule has 220 valence electrons. The number of carbonyl (C=O) groups is 2. The zero-order valence-electron chi connectivity index (χ0n) is 24.4. The van der Waals surface area contributed by atoms with Gasteiger partial charge in [0.25, 0.3) is 0 Å². The molecule has 1 N–H and O–H groups in total. The molecular formula is C31H45N3O5S. The number of anilines is 1. The van der Waals surface area contributed by atoms with Crippen molar-refractivity contribution in [2.45, 2.75) is 90.8 Å².